The molecule has 1 aliphatic carbocycles. The fraction of sp³-hybridized carbons (Fsp3) is 0.467. The van der Waals surface area contributed by atoms with Gasteiger partial charge in [0, 0.05) is 17.8 Å². The van der Waals surface area contributed by atoms with Crippen LogP contribution in [0.3, 0.4) is 0 Å². The third kappa shape index (κ3) is 2.03. The predicted octanol–water partition coefficient (Wildman–Crippen LogP) is 1.47. The van der Waals surface area contributed by atoms with Gasteiger partial charge in [-0.05, 0) is 48.9 Å². The number of fused-ring (bicyclic) bond motifs is 1. The van der Waals surface area contributed by atoms with Gasteiger partial charge in [0.2, 0.25) is 5.91 Å². The van der Waals surface area contributed by atoms with Crippen LogP contribution in [-0.4, -0.2) is 29.6 Å². The number of rotatable bonds is 3. The lowest BCUT2D eigenvalue weighted by atomic mass is 9.94. The highest BCUT2D eigenvalue weighted by Crippen LogP contribution is 2.43. The summed E-state index contributed by atoms with van der Waals surface area (Å²) in [6, 6.07) is 6.45. The Morgan fingerprint density at radius 2 is 1.90 bits per heavy atom. The zero-order valence-corrected chi connectivity index (χ0v) is 11.2. The molecule has 3 N–H and O–H groups in total. The second-order valence-electron chi connectivity index (χ2n) is 5.70. The van der Waals surface area contributed by atoms with E-state index in [4.69, 9.17) is 5.73 Å². The Balaban J connectivity index is 1.88. The summed E-state index contributed by atoms with van der Waals surface area (Å²) in [5, 5.41) is 9.52. The van der Waals surface area contributed by atoms with Gasteiger partial charge < -0.3 is 15.7 Å². The molecule has 1 saturated heterocycles. The summed E-state index contributed by atoms with van der Waals surface area (Å²) in [6.45, 7) is 0.789. The third-order valence-electron chi connectivity index (χ3n) is 4.63. The first-order valence-corrected chi connectivity index (χ1v) is 6.97. The number of carbonyl (C=O) groups is 2. The molecule has 0 radical (unpaired) electrons. The van der Waals surface area contributed by atoms with Crippen LogP contribution >= 0.6 is 0 Å². The molecule has 2 aliphatic rings. The fourth-order valence-electron chi connectivity index (χ4n) is 3.70. The van der Waals surface area contributed by atoms with Crippen molar-refractivity contribution in [1.82, 2.24) is 0 Å². The summed E-state index contributed by atoms with van der Waals surface area (Å²) in [6.07, 6.45) is 3.25. The number of hydrogen-bond acceptors (Lipinski definition) is 3. The number of carboxylic acids is 1. The molecule has 0 spiro atoms. The largest absolute Gasteiger partial charge is 0.480 e. The maximum atomic E-state index is 11.6. The van der Waals surface area contributed by atoms with E-state index in [2.05, 4.69) is 0 Å². The van der Waals surface area contributed by atoms with Gasteiger partial charge >= 0.3 is 5.97 Å². The molecule has 0 aromatic heterocycles. The van der Waals surface area contributed by atoms with E-state index in [1.807, 2.05) is 4.90 Å². The highest BCUT2D eigenvalue weighted by molar-refractivity contribution is 5.93. The summed E-state index contributed by atoms with van der Waals surface area (Å²) >= 11 is 0. The number of hydrogen-bond donors (Lipinski definition) is 2. The van der Waals surface area contributed by atoms with Crippen molar-refractivity contribution in [1.29, 1.82) is 0 Å². The number of benzene rings is 1. The molecule has 3 unspecified atom stereocenters. The molecular formula is C15H18N2O3. The molecule has 2 fully saturated rings. The fourth-order valence-corrected chi connectivity index (χ4v) is 3.70. The van der Waals surface area contributed by atoms with E-state index >= 15 is 0 Å². The predicted molar refractivity (Wildman–Crippen MR) is 74.6 cm³/mol. The minimum absolute atomic E-state index is 0.253. The normalized spacial score (nSPS) is 28.4. The first-order valence-electron chi connectivity index (χ1n) is 6.97. The smallest absolute Gasteiger partial charge is 0.326 e. The first-order chi connectivity index (χ1) is 9.58. The van der Waals surface area contributed by atoms with Crippen molar-refractivity contribution >= 4 is 17.6 Å². The van der Waals surface area contributed by atoms with Crippen LogP contribution in [0.1, 0.15) is 29.6 Å². The maximum absolute atomic E-state index is 11.6. The molecule has 5 nitrogen and oxygen atoms in total. The van der Waals surface area contributed by atoms with E-state index in [0.717, 1.165) is 31.5 Å². The molecular weight excluding hydrogens is 256 g/mol. The van der Waals surface area contributed by atoms with E-state index in [-0.39, 0.29) is 5.92 Å². The third-order valence-corrected chi connectivity index (χ3v) is 4.63. The SMILES string of the molecule is NC(=O)c1ccc(N2CC3CCCC3C2C(=O)O)cc1. The molecule has 3 atom stereocenters. The van der Waals surface area contributed by atoms with Crippen LogP contribution in [0.15, 0.2) is 24.3 Å². The Morgan fingerprint density at radius 1 is 1.20 bits per heavy atom. The van der Waals surface area contributed by atoms with Gasteiger partial charge in [-0.3, -0.25) is 4.79 Å². The van der Waals surface area contributed by atoms with Crippen LogP contribution in [0.25, 0.3) is 0 Å². The van der Waals surface area contributed by atoms with E-state index in [0.29, 0.717) is 11.5 Å². The van der Waals surface area contributed by atoms with Crippen LogP contribution in [-0.2, 0) is 4.79 Å². The number of amides is 1. The Kier molecular flexibility index (Phi) is 3.12. The Morgan fingerprint density at radius 3 is 2.50 bits per heavy atom. The summed E-state index contributed by atoms with van der Waals surface area (Å²) < 4.78 is 0. The number of nitrogens with zero attached hydrogens (tertiary/aromatic N) is 1. The Hall–Kier alpha value is -2.04. The molecule has 3 rings (SSSR count). The van der Waals surface area contributed by atoms with E-state index in [1.165, 1.54) is 0 Å². The summed E-state index contributed by atoms with van der Waals surface area (Å²) in [5.41, 5.74) is 6.52. The van der Waals surface area contributed by atoms with Gasteiger partial charge in [0.25, 0.3) is 0 Å². The number of aliphatic carboxylic acids is 1. The van der Waals surface area contributed by atoms with E-state index in [9.17, 15) is 14.7 Å². The van der Waals surface area contributed by atoms with E-state index < -0.39 is 17.9 Å². The monoisotopic (exact) mass is 274 g/mol. The summed E-state index contributed by atoms with van der Waals surface area (Å²) in [7, 11) is 0. The second kappa shape index (κ2) is 4.81. The van der Waals surface area contributed by atoms with Crippen LogP contribution in [0, 0.1) is 11.8 Å². The van der Waals surface area contributed by atoms with Crippen LogP contribution in [0.4, 0.5) is 5.69 Å². The second-order valence-corrected chi connectivity index (χ2v) is 5.70. The van der Waals surface area contributed by atoms with Gasteiger partial charge in [0.05, 0.1) is 0 Å². The molecule has 0 bridgehead atoms. The minimum Gasteiger partial charge on any atom is -0.480 e. The van der Waals surface area contributed by atoms with Gasteiger partial charge in [-0.25, -0.2) is 4.79 Å². The number of carbonyl (C=O) groups excluding carboxylic acids is 1. The first kappa shape index (κ1) is 13.0. The average Bonchev–Trinajstić information content (AvgIpc) is 2.97. The van der Waals surface area contributed by atoms with Gasteiger partial charge in [0.1, 0.15) is 6.04 Å². The molecule has 1 amide bonds. The van der Waals surface area contributed by atoms with Crippen molar-refractivity contribution < 1.29 is 14.7 Å². The molecule has 1 aliphatic heterocycles. The summed E-state index contributed by atoms with van der Waals surface area (Å²) in [5.74, 6) is -0.488. The lowest BCUT2D eigenvalue weighted by molar-refractivity contribution is -0.139. The maximum Gasteiger partial charge on any atom is 0.326 e. The highest BCUT2D eigenvalue weighted by Gasteiger charge is 2.47. The lowest BCUT2D eigenvalue weighted by Crippen LogP contribution is -2.39. The number of primary amides is 1. The zero-order valence-electron chi connectivity index (χ0n) is 11.2. The van der Waals surface area contributed by atoms with Crippen molar-refractivity contribution in [3.05, 3.63) is 29.8 Å². The lowest BCUT2D eigenvalue weighted by Gasteiger charge is -2.26. The Labute approximate surface area is 117 Å². The molecule has 5 heteroatoms. The quantitative estimate of drug-likeness (QED) is 0.874. The van der Waals surface area contributed by atoms with E-state index in [1.54, 1.807) is 24.3 Å². The van der Waals surface area contributed by atoms with Crippen molar-refractivity contribution in [2.45, 2.75) is 25.3 Å². The number of nitrogens with two attached hydrogens (primary N) is 1. The van der Waals surface area contributed by atoms with Crippen molar-refractivity contribution in [2.75, 3.05) is 11.4 Å². The minimum atomic E-state index is -0.752. The summed E-state index contributed by atoms with van der Waals surface area (Å²) in [4.78, 5) is 24.6. The zero-order chi connectivity index (χ0) is 14.3. The van der Waals surface area contributed by atoms with Gasteiger partial charge in [-0.15, -0.1) is 0 Å². The average molecular weight is 274 g/mol. The van der Waals surface area contributed by atoms with Crippen LogP contribution in [0.2, 0.25) is 0 Å². The van der Waals surface area contributed by atoms with Gasteiger partial charge in [-0.2, -0.15) is 0 Å². The standard InChI is InChI=1S/C15H18N2O3/c16-14(18)9-4-6-11(7-5-9)17-8-10-2-1-3-12(10)13(17)15(19)20/h4-7,10,12-13H,1-3,8H2,(H2,16,18)(H,19,20). The van der Waals surface area contributed by atoms with Gasteiger partial charge in [0.15, 0.2) is 0 Å². The molecule has 1 heterocycles. The topological polar surface area (TPSA) is 83.6 Å². The molecule has 1 aromatic rings. The van der Waals surface area contributed by atoms with Crippen molar-refractivity contribution in [2.24, 2.45) is 17.6 Å². The van der Waals surface area contributed by atoms with Crippen molar-refractivity contribution in [3.8, 4) is 0 Å². The van der Waals surface area contributed by atoms with Crippen molar-refractivity contribution in [3.63, 3.8) is 0 Å². The Bertz CT molecular complexity index is 541. The molecule has 20 heavy (non-hydrogen) atoms. The van der Waals surface area contributed by atoms with Gasteiger partial charge in [-0.1, -0.05) is 6.42 Å². The van der Waals surface area contributed by atoms with Crippen LogP contribution < -0.4 is 10.6 Å². The number of anilines is 1. The molecule has 1 saturated carbocycles. The van der Waals surface area contributed by atoms with Crippen LogP contribution in [0.5, 0.6) is 0 Å². The number of carboxylic acid groups (broad SMARTS) is 1. The molecule has 106 valence electrons. The highest BCUT2D eigenvalue weighted by atomic mass is 16.4. The molecule has 1 aromatic carbocycles.